The lowest BCUT2D eigenvalue weighted by Gasteiger charge is -2.31. The van der Waals surface area contributed by atoms with E-state index in [-0.39, 0.29) is 18.3 Å². The Kier molecular flexibility index (Phi) is 11.2. The van der Waals surface area contributed by atoms with Gasteiger partial charge < -0.3 is 21.3 Å². The molecule has 3 aromatic carbocycles. The largest absolute Gasteiger partial charge is 0.381 e. The molecule has 236 valence electrons. The van der Waals surface area contributed by atoms with E-state index < -0.39 is 23.4 Å². The first-order valence-electron chi connectivity index (χ1n) is 15.2. The Morgan fingerprint density at radius 2 is 1.71 bits per heavy atom. The van der Waals surface area contributed by atoms with Gasteiger partial charge in [0.25, 0.3) is 0 Å². The van der Waals surface area contributed by atoms with E-state index >= 15 is 8.78 Å². The predicted octanol–water partition coefficient (Wildman–Crippen LogP) is 7.29. The maximum atomic E-state index is 15.0. The van der Waals surface area contributed by atoms with E-state index in [9.17, 15) is 4.79 Å². The van der Waals surface area contributed by atoms with Crippen LogP contribution in [0.25, 0.3) is 17.0 Å². The summed E-state index contributed by atoms with van der Waals surface area (Å²) in [6.07, 6.45) is 0. The van der Waals surface area contributed by atoms with Crippen molar-refractivity contribution in [3.8, 4) is 11.3 Å². The molecule has 0 bridgehead atoms. The highest BCUT2D eigenvalue weighted by atomic mass is 19.1. The van der Waals surface area contributed by atoms with Gasteiger partial charge in [-0.2, -0.15) is 4.98 Å². The number of fused-ring (bicyclic) bond motifs is 1. The van der Waals surface area contributed by atoms with Gasteiger partial charge in [0.2, 0.25) is 5.95 Å². The number of urea groups is 1. The number of rotatable bonds is 11. The monoisotopic (exact) mass is 613 g/mol. The summed E-state index contributed by atoms with van der Waals surface area (Å²) in [7, 11) is 0. The van der Waals surface area contributed by atoms with Crippen molar-refractivity contribution in [3.63, 3.8) is 0 Å². The van der Waals surface area contributed by atoms with Gasteiger partial charge in [0, 0.05) is 42.5 Å². The van der Waals surface area contributed by atoms with Crippen LogP contribution in [-0.4, -0.2) is 35.1 Å². The molecule has 0 fully saturated rings. The number of halogens is 2. The standard InChI is InChI=1S/C33H35F2N7O.C2H6/c1-20(2)36-15-16-37-32-40-29(25-17-24(14-13-21(25)3)22(4)38-18-23-9-6-5-7-10-23)26-19-39-33(43)42(31(26)41-32)30-27(34)11-8-12-28(30)35;1-2/h5-14,17,20,36,38H,4,15-16,18-19H2,1-3H3,(H,39,43)(H,37,40,41);1-2H3. The van der Waals surface area contributed by atoms with E-state index in [0.717, 1.165) is 45.0 Å². The zero-order valence-electron chi connectivity index (χ0n) is 26.5. The van der Waals surface area contributed by atoms with Crippen LogP contribution in [0.3, 0.4) is 0 Å². The maximum absolute atomic E-state index is 15.0. The van der Waals surface area contributed by atoms with Crippen molar-refractivity contribution in [1.82, 2.24) is 25.9 Å². The second-order valence-corrected chi connectivity index (χ2v) is 10.6. The van der Waals surface area contributed by atoms with Gasteiger partial charge in [0.15, 0.2) is 5.82 Å². The molecule has 0 radical (unpaired) electrons. The fourth-order valence-corrected chi connectivity index (χ4v) is 4.88. The zero-order valence-corrected chi connectivity index (χ0v) is 26.5. The SMILES string of the molecule is C=C(NCc1ccccc1)c1ccc(C)c(-c2nc(NCCNC(C)C)nc3c2CNC(=O)N3c2c(F)cccc2F)c1.CC. The molecule has 1 aliphatic rings. The zero-order chi connectivity index (χ0) is 32.5. The number of nitrogens with one attached hydrogen (secondary N) is 4. The third-order valence-electron chi connectivity index (χ3n) is 7.13. The molecule has 10 heteroatoms. The maximum Gasteiger partial charge on any atom is 0.328 e. The molecule has 0 spiro atoms. The smallest absolute Gasteiger partial charge is 0.328 e. The van der Waals surface area contributed by atoms with Crippen LogP contribution in [0.1, 0.15) is 49.9 Å². The number of para-hydroxylation sites is 1. The summed E-state index contributed by atoms with van der Waals surface area (Å²) >= 11 is 0. The highest BCUT2D eigenvalue weighted by Crippen LogP contribution is 2.39. The highest BCUT2D eigenvalue weighted by Gasteiger charge is 2.34. The lowest BCUT2D eigenvalue weighted by molar-refractivity contribution is 0.246. The number of aromatic nitrogens is 2. The molecule has 8 nitrogen and oxygen atoms in total. The van der Waals surface area contributed by atoms with Crippen molar-refractivity contribution >= 4 is 29.2 Å². The van der Waals surface area contributed by atoms with Crippen LogP contribution in [0, 0.1) is 18.6 Å². The molecule has 1 aliphatic heterocycles. The van der Waals surface area contributed by atoms with Crippen LogP contribution < -0.4 is 26.2 Å². The van der Waals surface area contributed by atoms with E-state index in [2.05, 4.69) is 32.8 Å². The molecule has 4 N–H and O–H groups in total. The second kappa shape index (κ2) is 15.3. The van der Waals surface area contributed by atoms with Crippen molar-refractivity contribution < 1.29 is 13.6 Å². The number of carbonyl (C=O) groups excluding carboxylic acids is 1. The molecule has 0 atom stereocenters. The quantitative estimate of drug-likeness (QED) is 0.133. The average molecular weight is 614 g/mol. The Morgan fingerprint density at radius 3 is 2.40 bits per heavy atom. The summed E-state index contributed by atoms with van der Waals surface area (Å²) in [5.41, 5.74) is 5.01. The first kappa shape index (κ1) is 33.1. The van der Waals surface area contributed by atoms with Gasteiger partial charge in [0.1, 0.15) is 17.3 Å². The van der Waals surface area contributed by atoms with Crippen molar-refractivity contribution in [3.05, 3.63) is 107 Å². The molecular weight excluding hydrogens is 572 g/mol. The fourth-order valence-electron chi connectivity index (χ4n) is 4.88. The number of carbonyl (C=O) groups is 1. The summed E-state index contributed by atoms with van der Waals surface area (Å²) in [6.45, 7) is 16.1. The van der Waals surface area contributed by atoms with Crippen LogP contribution in [0.4, 0.5) is 31.0 Å². The number of hydrogen-bond acceptors (Lipinski definition) is 6. The number of nitrogens with zero attached hydrogens (tertiary/aromatic N) is 3. The van der Waals surface area contributed by atoms with Crippen LogP contribution in [0.2, 0.25) is 0 Å². The van der Waals surface area contributed by atoms with Gasteiger partial charge in [-0.25, -0.2) is 23.5 Å². The summed E-state index contributed by atoms with van der Waals surface area (Å²) < 4.78 is 30.0. The van der Waals surface area contributed by atoms with E-state index in [4.69, 9.17) is 4.98 Å². The van der Waals surface area contributed by atoms with Crippen LogP contribution in [-0.2, 0) is 13.1 Å². The van der Waals surface area contributed by atoms with Crippen LogP contribution >= 0.6 is 0 Å². The van der Waals surface area contributed by atoms with Gasteiger partial charge in [-0.3, -0.25) is 0 Å². The van der Waals surface area contributed by atoms with Crippen molar-refractivity contribution in [2.45, 2.75) is 53.8 Å². The molecule has 0 unspecified atom stereocenters. The Hall–Kier alpha value is -4.83. The van der Waals surface area contributed by atoms with Crippen molar-refractivity contribution in [1.29, 1.82) is 0 Å². The summed E-state index contributed by atoms with van der Waals surface area (Å²) in [5.74, 6) is -1.40. The lowest BCUT2D eigenvalue weighted by atomic mass is 9.97. The Bertz CT molecular complexity index is 1620. The van der Waals surface area contributed by atoms with Gasteiger partial charge in [0.05, 0.1) is 12.2 Å². The van der Waals surface area contributed by atoms with E-state index in [1.165, 1.54) is 6.07 Å². The summed E-state index contributed by atoms with van der Waals surface area (Å²) in [4.78, 5) is 23.5. The fraction of sp³-hybridized carbons (Fsp3) is 0.286. The molecule has 5 rings (SSSR count). The van der Waals surface area contributed by atoms with Crippen molar-refractivity contribution in [2.75, 3.05) is 23.3 Å². The van der Waals surface area contributed by atoms with Crippen LogP contribution in [0.5, 0.6) is 0 Å². The number of hydrogen-bond donors (Lipinski definition) is 4. The minimum atomic E-state index is -0.877. The molecular formula is C35H41F2N7O. The molecule has 0 saturated heterocycles. The highest BCUT2D eigenvalue weighted by molar-refractivity contribution is 6.02. The Labute approximate surface area is 264 Å². The average Bonchev–Trinajstić information content (AvgIpc) is 3.04. The number of anilines is 3. The van der Waals surface area contributed by atoms with E-state index in [1.807, 2.05) is 83.1 Å². The van der Waals surface area contributed by atoms with E-state index in [0.29, 0.717) is 36.9 Å². The molecule has 0 saturated carbocycles. The van der Waals surface area contributed by atoms with Gasteiger partial charge >= 0.3 is 6.03 Å². The lowest BCUT2D eigenvalue weighted by Crippen LogP contribution is -2.43. The van der Waals surface area contributed by atoms with Gasteiger partial charge in [-0.05, 0) is 41.8 Å². The first-order chi connectivity index (χ1) is 21.7. The molecule has 2 heterocycles. The number of aryl methyl sites for hydroxylation is 1. The normalized spacial score (nSPS) is 12.2. The first-order valence-corrected chi connectivity index (χ1v) is 15.2. The second-order valence-electron chi connectivity index (χ2n) is 10.6. The Morgan fingerprint density at radius 1 is 1.00 bits per heavy atom. The predicted molar refractivity (Wildman–Crippen MR) is 178 cm³/mol. The molecule has 4 aromatic rings. The van der Waals surface area contributed by atoms with Gasteiger partial charge in [-0.15, -0.1) is 0 Å². The third kappa shape index (κ3) is 7.82. The Balaban J connectivity index is 0.00000226. The summed E-state index contributed by atoms with van der Waals surface area (Å²) in [6, 6.07) is 19.0. The third-order valence-corrected chi connectivity index (χ3v) is 7.13. The molecule has 0 aliphatic carbocycles. The van der Waals surface area contributed by atoms with E-state index in [1.54, 1.807) is 0 Å². The number of amides is 2. The molecule has 2 amide bonds. The van der Waals surface area contributed by atoms with Gasteiger partial charge in [-0.1, -0.05) is 82.8 Å². The molecule has 1 aromatic heterocycles. The molecule has 45 heavy (non-hydrogen) atoms. The van der Waals surface area contributed by atoms with Crippen LogP contribution in [0.15, 0.2) is 73.3 Å². The van der Waals surface area contributed by atoms with Crippen molar-refractivity contribution in [2.24, 2.45) is 0 Å². The minimum absolute atomic E-state index is 0.0854. The number of benzene rings is 3. The summed E-state index contributed by atoms with van der Waals surface area (Å²) in [5, 5.41) is 12.7. The topological polar surface area (TPSA) is 94.2 Å². The minimum Gasteiger partial charge on any atom is -0.381 e.